The van der Waals surface area contributed by atoms with Crippen LogP contribution in [0.25, 0.3) is 0 Å². The predicted octanol–water partition coefficient (Wildman–Crippen LogP) is 4.10. The van der Waals surface area contributed by atoms with Crippen LogP contribution in [0.3, 0.4) is 0 Å². The number of thioether (sulfide) groups is 1. The van der Waals surface area contributed by atoms with Gasteiger partial charge in [0.25, 0.3) is 5.91 Å². The summed E-state index contributed by atoms with van der Waals surface area (Å²) in [6, 6.07) is 26.3. The van der Waals surface area contributed by atoms with E-state index in [9.17, 15) is 9.59 Å². The van der Waals surface area contributed by atoms with Crippen LogP contribution >= 0.6 is 11.8 Å². The molecule has 2 amide bonds. The lowest BCUT2D eigenvalue weighted by Gasteiger charge is -2.23. The van der Waals surface area contributed by atoms with Gasteiger partial charge < -0.3 is 15.0 Å². The highest BCUT2D eigenvalue weighted by Crippen LogP contribution is 2.23. The molecule has 0 bridgehead atoms. The molecule has 31 heavy (non-hydrogen) atoms. The van der Waals surface area contributed by atoms with Gasteiger partial charge in [0, 0.05) is 17.9 Å². The van der Waals surface area contributed by atoms with Crippen LogP contribution in [0.4, 0.5) is 0 Å². The number of benzene rings is 3. The molecule has 1 N–H and O–H groups in total. The van der Waals surface area contributed by atoms with Gasteiger partial charge in [0.2, 0.25) is 5.91 Å². The van der Waals surface area contributed by atoms with Gasteiger partial charge in [-0.05, 0) is 35.4 Å². The lowest BCUT2D eigenvalue weighted by molar-refractivity contribution is -0.124. The first-order chi connectivity index (χ1) is 15.2. The zero-order valence-electron chi connectivity index (χ0n) is 17.1. The summed E-state index contributed by atoms with van der Waals surface area (Å²) >= 11 is 1.60. The number of nitrogens with one attached hydrogen (secondary N) is 1. The minimum Gasteiger partial charge on any atom is -0.489 e. The van der Waals surface area contributed by atoms with Crippen LogP contribution in [0.2, 0.25) is 0 Å². The van der Waals surface area contributed by atoms with Crippen molar-refractivity contribution >= 4 is 23.6 Å². The number of amides is 2. The van der Waals surface area contributed by atoms with Crippen LogP contribution in [0.5, 0.6) is 5.75 Å². The molecule has 1 saturated heterocycles. The average molecular weight is 433 g/mol. The van der Waals surface area contributed by atoms with E-state index in [-0.39, 0.29) is 11.8 Å². The fourth-order valence-corrected chi connectivity index (χ4v) is 4.51. The minimum absolute atomic E-state index is 0.106. The molecular formula is C25H24N2O3S. The molecule has 158 valence electrons. The van der Waals surface area contributed by atoms with Crippen molar-refractivity contribution in [1.82, 2.24) is 10.2 Å². The van der Waals surface area contributed by atoms with Crippen LogP contribution in [-0.4, -0.2) is 34.4 Å². The SMILES string of the molecule is O=C(NCc1ccc(OCc2ccccc2)cc1)[C@@H]1CSCN1C(=O)c1ccccc1. The fraction of sp³-hybridized carbons (Fsp3) is 0.200. The monoisotopic (exact) mass is 432 g/mol. The van der Waals surface area contributed by atoms with Crippen molar-refractivity contribution in [2.45, 2.75) is 19.2 Å². The maximum absolute atomic E-state index is 12.8. The average Bonchev–Trinajstić information content (AvgIpc) is 3.33. The van der Waals surface area contributed by atoms with Crippen LogP contribution in [0.1, 0.15) is 21.5 Å². The molecule has 0 aromatic heterocycles. The van der Waals surface area contributed by atoms with Gasteiger partial charge in [-0.3, -0.25) is 9.59 Å². The third-order valence-corrected chi connectivity index (χ3v) is 6.12. The Kier molecular flexibility index (Phi) is 6.89. The van der Waals surface area contributed by atoms with Gasteiger partial charge in [-0.15, -0.1) is 11.8 Å². The first-order valence-electron chi connectivity index (χ1n) is 10.2. The molecule has 5 nitrogen and oxygen atoms in total. The third-order valence-electron chi connectivity index (χ3n) is 5.10. The first-order valence-corrected chi connectivity index (χ1v) is 11.3. The fourth-order valence-electron chi connectivity index (χ4n) is 3.36. The number of carbonyl (C=O) groups excluding carboxylic acids is 2. The molecule has 1 aliphatic heterocycles. The summed E-state index contributed by atoms with van der Waals surface area (Å²) in [4.78, 5) is 27.2. The Hall–Kier alpha value is -3.25. The second kappa shape index (κ2) is 10.2. The van der Waals surface area contributed by atoms with Crippen molar-refractivity contribution in [3.63, 3.8) is 0 Å². The van der Waals surface area contributed by atoms with Crippen LogP contribution < -0.4 is 10.1 Å². The summed E-state index contributed by atoms with van der Waals surface area (Å²) in [7, 11) is 0. The Morgan fingerprint density at radius 2 is 1.58 bits per heavy atom. The lowest BCUT2D eigenvalue weighted by Crippen LogP contribution is -2.47. The molecule has 1 aliphatic rings. The normalized spacial score (nSPS) is 15.5. The van der Waals surface area contributed by atoms with Gasteiger partial charge in [0.05, 0.1) is 5.88 Å². The Labute approximate surface area is 186 Å². The second-order valence-corrected chi connectivity index (χ2v) is 8.29. The number of hydrogen-bond acceptors (Lipinski definition) is 4. The van der Waals surface area contributed by atoms with E-state index in [1.165, 1.54) is 0 Å². The van der Waals surface area contributed by atoms with Crippen molar-refractivity contribution < 1.29 is 14.3 Å². The lowest BCUT2D eigenvalue weighted by atomic mass is 10.1. The Balaban J connectivity index is 1.29. The predicted molar refractivity (Wildman–Crippen MR) is 123 cm³/mol. The van der Waals surface area contributed by atoms with E-state index in [0.29, 0.717) is 30.3 Å². The molecule has 0 spiro atoms. The van der Waals surface area contributed by atoms with Crippen LogP contribution in [0.15, 0.2) is 84.9 Å². The first kappa shape index (κ1) is 21.0. The highest BCUT2D eigenvalue weighted by molar-refractivity contribution is 7.99. The van der Waals surface area contributed by atoms with Crippen LogP contribution in [-0.2, 0) is 17.9 Å². The maximum Gasteiger partial charge on any atom is 0.255 e. The summed E-state index contributed by atoms with van der Waals surface area (Å²) < 4.78 is 5.80. The van der Waals surface area contributed by atoms with Crippen molar-refractivity contribution in [1.29, 1.82) is 0 Å². The summed E-state index contributed by atoms with van der Waals surface area (Å²) in [5.74, 6) is 1.69. The zero-order valence-corrected chi connectivity index (χ0v) is 17.9. The van der Waals surface area contributed by atoms with Crippen molar-refractivity contribution in [2.24, 2.45) is 0 Å². The van der Waals surface area contributed by atoms with Gasteiger partial charge in [0.15, 0.2) is 0 Å². The molecule has 0 radical (unpaired) electrons. The molecular weight excluding hydrogens is 408 g/mol. The molecule has 0 aliphatic carbocycles. The molecule has 1 fully saturated rings. The Morgan fingerprint density at radius 3 is 2.29 bits per heavy atom. The van der Waals surface area contributed by atoms with E-state index in [0.717, 1.165) is 16.9 Å². The van der Waals surface area contributed by atoms with E-state index >= 15 is 0 Å². The zero-order chi connectivity index (χ0) is 21.5. The summed E-state index contributed by atoms with van der Waals surface area (Å²) in [5, 5.41) is 2.97. The highest BCUT2D eigenvalue weighted by atomic mass is 32.2. The van der Waals surface area contributed by atoms with E-state index in [1.54, 1.807) is 28.8 Å². The second-order valence-electron chi connectivity index (χ2n) is 7.29. The number of nitrogens with zero attached hydrogens (tertiary/aromatic N) is 1. The number of hydrogen-bond donors (Lipinski definition) is 1. The summed E-state index contributed by atoms with van der Waals surface area (Å²) in [5.41, 5.74) is 2.70. The van der Waals surface area contributed by atoms with E-state index in [4.69, 9.17) is 4.74 Å². The molecule has 4 rings (SSSR count). The standard InChI is InChI=1S/C25H24N2O3S/c28-24(23-17-31-18-27(23)25(29)21-9-5-2-6-10-21)26-15-19-11-13-22(14-12-19)30-16-20-7-3-1-4-8-20/h1-14,23H,15-18H2,(H,26,28)/t23-/m0/s1. The molecule has 0 saturated carbocycles. The topological polar surface area (TPSA) is 58.6 Å². The molecule has 1 heterocycles. The molecule has 3 aromatic carbocycles. The Morgan fingerprint density at radius 1 is 0.903 bits per heavy atom. The van der Waals surface area contributed by atoms with Crippen molar-refractivity contribution in [2.75, 3.05) is 11.6 Å². The number of rotatable bonds is 7. The molecule has 3 aromatic rings. The molecule has 6 heteroatoms. The minimum atomic E-state index is -0.453. The molecule has 0 unspecified atom stereocenters. The maximum atomic E-state index is 12.8. The highest BCUT2D eigenvalue weighted by Gasteiger charge is 2.34. The third kappa shape index (κ3) is 5.47. The summed E-state index contributed by atoms with van der Waals surface area (Å²) in [6.45, 7) is 0.924. The van der Waals surface area contributed by atoms with Crippen molar-refractivity contribution in [3.05, 3.63) is 102 Å². The van der Waals surface area contributed by atoms with Gasteiger partial charge in [0.1, 0.15) is 18.4 Å². The van der Waals surface area contributed by atoms with E-state index in [1.807, 2.05) is 72.8 Å². The number of carbonyl (C=O) groups is 2. The van der Waals surface area contributed by atoms with Gasteiger partial charge >= 0.3 is 0 Å². The Bertz CT molecular complexity index is 1010. The van der Waals surface area contributed by atoms with E-state index in [2.05, 4.69) is 5.32 Å². The van der Waals surface area contributed by atoms with Crippen LogP contribution in [0, 0.1) is 0 Å². The van der Waals surface area contributed by atoms with E-state index < -0.39 is 6.04 Å². The van der Waals surface area contributed by atoms with Gasteiger partial charge in [-0.1, -0.05) is 60.7 Å². The number of ether oxygens (including phenoxy) is 1. The van der Waals surface area contributed by atoms with Gasteiger partial charge in [-0.25, -0.2) is 0 Å². The quantitative estimate of drug-likeness (QED) is 0.611. The summed E-state index contributed by atoms with van der Waals surface area (Å²) in [6.07, 6.45) is 0. The largest absolute Gasteiger partial charge is 0.489 e. The molecule has 1 atom stereocenters. The van der Waals surface area contributed by atoms with Crippen molar-refractivity contribution in [3.8, 4) is 5.75 Å². The smallest absolute Gasteiger partial charge is 0.255 e. The van der Waals surface area contributed by atoms with Gasteiger partial charge in [-0.2, -0.15) is 0 Å².